The van der Waals surface area contributed by atoms with Crippen molar-refractivity contribution >= 4 is 44.4 Å². The molecule has 0 atom stereocenters. The van der Waals surface area contributed by atoms with Crippen LogP contribution < -0.4 is 4.90 Å². The summed E-state index contributed by atoms with van der Waals surface area (Å²) in [5.41, 5.74) is 1.50. The summed E-state index contributed by atoms with van der Waals surface area (Å²) in [5, 5.41) is 0.479. The van der Waals surface area contributed by atoms with Crippen molar-refractivity contribution in [3.8, 4) is 0 Å². The van der Waals surface area contributed by atoms with E-state index >= 15 is 0 Å². The first-order valence-electron chi connectivity index (χ1n) is 9.17. The Morgan fingerprint density at radius 3 is 2.72 bits per heavy atom. The molecule has 2 aromatic carbocycles. The maximum absolute atomic E-state index is 14.1. The molecule has 1 amide bonds. The Morgan fingerprint density at radius 2 is 2.00 bits per heavy atom. The van der Waals surface area contributed by atoms with Crippen LogP contribution in [0.3, 0.4) is 0 Å². The third kappa shape index (κ3) is 4.68. The number of aryl methyl sites for hydroxylation is 1. The van der Waals surface area contributed by atoms with Crippen LogP contribution >= 0.6 is 23.1 Å². The molecule has 0 N–H and O–H groups in total. The highest BCUT2D eigenvalue weighted by molar-refractivity contribution is 7.99. The summed E-state index contributed by atoms with van der Waals surface area (Å²) < 4.78 is 20.2. The lowest BCUT2D eigenvalue weighted by Gasteiger charge is -2.18. The molecular weight excluding hydrogens is 407 g/mol. The zero-order valence-electron chi connectivity index (χ0n) is 15.8. The number of halogens is 1. The molecule has 4 rings (SSSR count). The zero-order valence-corrected chi connectivity index (χ0v) is 17.4. The molecule has 2 heterocycles. The fourth-order valence-electron chi connectivity index (χ4n) is 2.87. The van der Waals surface area contributed by atoms with Gasteiger partial charge in [0.25, 0.3) is 0 Å². The molecule has 0 saturated carbocycles. The third-order valence-corrected chi connectivity index (χ3v) is 6.45. The van der Waals surface area contributed by atoms with Crippen LogP contribution in [0.2, 0.25) is 0 Å². The van der Waals surface area contributed by atoms with Crippen molar-refractivity contribution < 1.29 is 13.6 Å². The Kier molecular flexibility index (Phi) is 5.97. The van der Waals surface area contributed by atoms with Gasteiger partial charge in [-0.3, -0.25) is 9.69 Å². The number of hydrogen-bond donors (Lipinski definition) is 0. The molecular formula is C22H19FN2O2S2. The van der Waals surface area contributed by atoms with E-state index in [1.54, 1.807) is 35.1 Å². The molecule has 148 valence electrons. The molecule has 0 bridgehead atoms. The van der Waals surface area contributed by atoms with Crippen molar-refractivity contribution in [1.82, 2.24) is 4.98 Å². The van der Waals surface area contributed by atoms with Crippen LogP contribution in [-0.4, -0.2) is 16.6 Å². The summed E-state index contributed by atoms with van der Waals surface area (Å²) >= 11 is 2.94. The van der Waals surface area contributed by atoms with Crippen molar-refractivity contribution in [2.24, 2.45) is 0 Å². The molecule has 2 aromatic heterocycles. The summed E-state index contributed by atoms with van der Waals surface area (Å²) in [6, 6.07) is 16.7. The zero-order chi connectivity index (χ0) is 20.2. The number of carbonyl (C=O) groups is 1. The van der Waals surface area contributed by atoms with E-state index in [1.807, 2.05) is 19.1 Å². The van der Waals surface area contributed by atoms with Gasteiger partial charge in [-0.05, 0) is 43.3 Å². The van der Waals surface area contributed by atoms with Gasteiger partial charge in [0.1, 0.15) is 17.1 Å². The van der Waals surface area contributed by atoms with Gasteiger partial charge in [0, 0.05) is 17.1 Å². The Hall–Kier alpha value is -2.64. The highest BCUT2D eigenvalue weighted by atomic mass is 32.2. The van der Waals surface area contributed by atoms with Crippen molar-refractivity contribution in [2.45, 2.75) is 24.8 Å². The van der Waals surface area contributed by atoms with E-state index < -0.39 is 0 Å². The van der Waals surface area contributed by atoms with Crippen molar-refractivity contribution in [1.29, 1.82) is 0 Å². The first kappa shape index (κ1) is 19.7. The van der Waals surface area contributed by atoms with Gasteiger partial charge < -0.3 is 4.42 Å². The fourth-order valence-corrected chi connectivity index (χ4v) is 4.70. The monoisotopic (exact) mass is 426 g/mol. The Bertz CT molecular complexity index is 1110. The summed E-state index contributed by atoms with van der Waals surface area (Å²) in [7, 11) is 0. The number of nitrogens with zero attached hydrogens (tertiary/aromatic N) is 2. The van der Waals surface area contributed by atoms with Gasteiger partial charge in [0.2, 0.25) is 5.91 Å². The largest absolute Gasteiger partial charge is 0.467 e. The number of rotatable bonds is 7. The summed E-state index contributed by atoms with van der Waals surface area (Å²) in [6.07, 6.45) is 1.92. The molecule has 0 saturated heterocycles. The maximum Gasteiger partial charge on any atom is 0.230 e. The molecule has 0 fully saturated rings. The van der Waals surface area contributed by atoms with Crippen LogP contribution in [0.5, 0.6) is 0 Å². The molecule has 0 aliphatic rings. The van der Waals surface area contributed by atoms with Crippen LogP contribution in [0.15, 0.2) is 70.2 Å². The summed E-state index contributed by atoms with van der Waals surface area (Å²) in [4.78, 5) is 20.1. The van der Waals surface area contributed by atoms with E-state index in [0.717, 1.165) is 4.90 Å². The molecule has 0 aliphatic heterocycles. The number of fused-ring (bicyclic) bond motifs is 1. The number of benzene rings is 2. The number of anilines is 1. The predicted molar refractivity (Wildman–Crippen MR) is 116 cm³/mol. The van der Waals surface area contributed by atoms with Crippen molar-refractivity contribution in [2.75, 3.05) is 10.7 Å². The number of para-hydroxylation sites is 1. The van der Waals surface area contributed by atoms with E-state index in [9.17, 15) is 9.18 Å². The van der Waals surface area contributed by atoms with Crippen LogP contribution in [0.25, 0.3) is 10.2 Å². The average molecular weight is 427 g/mol. The first-order valence-corrected chi connectivity index (χ1v) is 11.0. The second-order valence-corrected chi connectivity index (χ2v) is 8.73. The lowest BCUT2D eigenvalue weighted by Crippen LogP contribution is -2.30. The molecule has 0 radical (unpaired) electrons. The van der Waals surface area contributed by atoms with Gasteiger partial charge in [-0.2, -0.15) is 0 Å². The van der Waals surface area contributed by atoms with E-state index in [1.165, 1.54) is 23.0 Å². The van der Waals surface area contributed by atoms with Crippen LogP contribution in [-0.2, 0) is 11.3 Å². The Labute approximate surface area is 176 Å². The van der Waals surface area contributed by atoms with Crippen molar-refractivity contribution in [3.05, 3.63) is 78.0 Å². The van der Waals surface area contributed by atoms with Gasteiger partial charge in [0.05, 0.1) is 17.5 Å². The molecule has 7 heteroatoms. The third-order valence-electron chi connectivity index (χ3n) is 4.39. The number of thiazole rings is 1. The molecule has 0 aliphatic carbocycles. The minimum atomic E-state index is -0.384. The Morgan fingerprint density at radius 1 is 1.17 bits per heavy atom. The number of furan rings is 1. The minimum Gasteiger partial charge on any atom is -0.467 e. The number of carbonyl (C=O) groups excluding carboxylic acids is 1. The SMILES string of the molecule is Cc1ccc(SCCC(=O)N(Cc2ccco2)c2nc3c(F)cccc3s2)cc1. The van der Waals surface area contributed by atoms with Gasteiger partial charge >= 0.3 is 0 Å². The lowest BCUT2D eigenvalue weighted by molar-refractivity contribution is -0.118. The highest BCUT2D eigenvalue weighted by Gasteiger charge is 2.22. The molecule has 0 spiro atoms. The second-order valence-electron chi connectivity index (χ2n) is 6.55. The second kappa shape index (κ2) is 8.80. The molecule has 4 nitrogen and oxygen atoms in total. The number of hydrogen-bond acceptors (Lipinski definition) is 5. The maximum atomic E-state index is 14.1. The standard InChI is InChI=1S/C22H19FN2O2S2/c1-15-7-9-17(10-8-15)28-13-11-20(26)25(14-16-4-3-12-27-16)22-24-21-18(23)5-2-6-19(21)29-22/h2-10,12H,11,13-14H2,1H3. The van der Waals surface area contributed by atoms with Crippen molar-refractivity contribution in [3.63, 3.8) is 0 Å². The fraction of sp³-hybridized carbons (Fsp3) is 0.182. The Balaban J connectivity index is 1.52. The number of amides is 1. The predicted octanol–water partition coefficient (Wildman–Crippen LogP) is 6.05. The highest BCUT2D eigenvalue weighted by Crippen LogP contribution is 2.32. The summed E-state index contributed by atoms with van der Waals surface area (Å²) in [5.74, 6) is 0.852. The quantitative estimate of drug-likeness (QED) is 0.337. The van der Waals surface area contributed by atoms with Gasteiger partial charge in [-0.1, -0.05) is 35.1 Å². The smallest absolute Gasteiger partial charge is 0.230 e. The topological polar surface area (TPSA) is 46.3 Å². The van der Waals surface area contributed by atoms with Crippen LogP contribution in [0, 0.1) is 12.7 Å². The molecule has 29 heavy (non-hydrogen) atoms. The lowest BCUT2D eigenvalue weighted by atomic mass is 10.2. The number of thioether (sulfide) groups is 1. The minimum absolute atomic E-state index is 0.0690. The van der Waals surface area contributed by atoms with E-state index in [0.29, 0.717) is 33.3 Å². The van der Waals surface area contributed by atoms with Gasteiger partial charge in [-0.25, -0.2) is 9.37 Å². The van der Waals surface area contributed by atoms with Crippen LogP contribution in [0.4, 0.5) is 9.52 Å². The first-order chi connectivity index (χ1) is 14.1. The molecule has 0 unspecified atom stereocenters. The number of aromatic nitrogens is 1. The average Bonchev–Trinajstić information content (AvgIpc) is 3.37. The van der Waals surface area contributed by atoms with Crippen LogP contribution in [0.1, 0.15) is 17.7 Å². The molecule has 4 aromatic rings. The van der Waals surface area contributed by atoms with Gasteiger partial charge in [0.15, 0.2) is 5.13 Å². The summed E-state index contributed by atoms with van der Waals surface area (Å²) in [6.45, 7) is 2.31. The van der Waals surface area contributed by atoms with E-state index in [2.05, 4.69) is 29.2 Å². The normalized spacial score (nSPS) is 11.1. The van der Waals surface area contributed by atoms with E-state index in [4.69, 9.17) is 4.42 Å². The van der Waals surface area contributed by atoms with E-state index in [-0.39, 0.29) is 18.3 Å². The van der Waals surface area contributed by atoms with Gasteiger partial charge in [-0.15, -0.1) is 11.8 Å².